The summed E-state index contributed by atoms with van der Waals surface area (Å²) in [5, 5.41) is 9.22. The highest BCUT2D eigenvalue weighted by Crippen LogP contribution is 2.37. The van der Waals surface area contributed by atoms with Crippen molar-refractivity contribution in [2.75, 3.05) is 0 Å². The van der Waals surface area contributed by atoms with Crippen molar-refractivity contribution < 1.29 is 28.3 Å². The topological polar surface area (TPSA) is 65.0 Å². The van der Waals surface area contributed by atoms with E-state index in [4.69, 9.17) is 14.0 Å². The Bertz CT molecular complexity index is 611. The van der Waals surface area contributed by atoms with E-state index in [1.165, 1.54) is 6.07 Å². The van der Waals surface area contributed by atoms with E-state index < -0.39 is 30.1 Å². The molecule has 1 heterocycles. The van der Waals surface area contributed by atoms with E-state index >= 15 is 0 Å². The molecule has 0 atom stereocenters. The second-order valence-electron chi connectivity index (χ2n) is 6.93. The fourth-order valence-electron chi connectivity index (χ4n) is 2.24. The molecule has 1 aromatic carbocycles. The maximum absolute atomic E-state index is 14.4. The van der Waals surface area contributed by atoms with E-state index in [1.807, 2.05) is 27.7 Å². The van der Waals surface area contributed by atoms with Crippen LogP contribution in [0.5, 0.6) is 5.75 Å². The smallest absolute Gasteiger partial charge is 0.490 e. The first-order valence-electron chi connectivity index (χ1n) is 7.53. The van der Waals surface area contributed by atoms with Gasteiger partial charge in [-0.15, -0.1) is 0 Å². The number of carbonyl (C=O) groups is 1. The molecule has 7 heteroatoms. The molecule has 0 aromatic heterocycles. The van der Waals surface area contributed by atoms with E-state index in [0.717, 1.165) is 6.07 Å². The van der Waals surface area contributed by atoms with Gasteiger partial charge in [-0.1, -0.05) is 0 Å². The van der Waals surface area contributed by atoms with E-state index in [-0.39, 0.29) is 22.9 Å². The van der Waals surface area contributed by atoms with Crippen LogP contribution in [0.4, 0.5) is 4.39 Å². The van der Waals surface area contributed by atoms with Crippen molar-refractivity contribution in [2.45, 2.75) is 58.8 Å². The Kier molecular flexibility index (Phi) is 4.48. The number of ether oxygens (including phenoxy) is 1. The molecule has 1 aromatic rings. The molecule has 1 saturated heterocycles. The Morgan fingerprint density at radius 2 is 1.74 bits per heavy atom. The van der Waals surface area contributed by atoms with Gasteiger partial charge >= 0.3 is 13.1 Å². The van der Waals surface area contributed by atoms with Gasteiger partial charge in [0, 0.05) is 5.46 Å². The number of halogens is 1. The van der Waals surface area contributed by atoms with Crippen LogP contribution in [0.15, 0.2) is 12.1 Å². The molecule has 0 saturated carbocycles. The molecule has 1 fully saturated rings. The summed E-state index contributed by atoms with van der Waals surface area (Å²) in [6, 6.07) is 2.29. The molecule has 1 aliphatic heterocycles. The number of aromatic carboxylic acids is 1. The third kappa shape index (κ3) is 3.35. The van der Waals surface area contributed by atoms with Crippen molar-refractivity contribution in [1.82, 2.24) is 0 Å². The Labute approximate surface area is 135 Å². The van der Waals surface area contributed by atoms with Gasteiger partial charge in [0.1, 0.15) is 17.1 Å². The van der Waals surface area contributed by atoms with Crippen LogP contribution in [0, 0.1) is 5.82 Å². The fourth-order valence-corrected chi connectivity index (χ4v) is 2.24. The van der Waals surface area contributed by atoms with Gasteiger partial charge in [0.2, 0.25) is 0 Å². The quantitative estimate of drug-likeness (QED) is 0.863. The molecule has 5 nitrogen and oxygen atoms in total. The summed E-state index contributed by atoms with van der Waals surface area (Å²) in [7, 11) is -0.919. The summed E-state index contributed by atoms with van der Waals surface area (Å²) in [5.74, 6) is -1.85. The molecule has 0 bridgehead atoms. The first-order chi connectivity index (χ1) is 10.4. The second-order valence-corrected chi connectivity index (χ2v) is 6.93. The summed E-state index contributed by atoms with van der Waals surface area (Å²) in [4.78, 5) is 11.3. The first-order valence-corrected chi connectivity index (χ1v) is 7.53. The van der Waals surface area contributed by atoms with Crippen molar-refractivity contribution >= 4 is 18.6 Å². The summed E-state index contributed by atoms with van der Waals surface area (Å²) in [6.45, 7) is 11.0. The predicted molar refractivity (Wildman–Crippen MR) is 84.8 cm³/mol. The van der Waals surface area contributed by atoms with Gasteiger partial charge in [-0.3, -0.25) is 0 Å². The molecular formula is C16H22BFO5. The predicted octanol–water partition coefficient (Wildman–Crippen LogP) is 2.61. The van der Waals surface area contributed by atoms with Gasteiger partial charge in [0.05, 0.1) is 17.3 Å². The average molecular weight is 324 g/mol. The third-order valence-corrected chi connectivity index (χ3v) is 4.20. The molecule has 23 heavy (non-hydrogen) atoms. The van der Waals surface area contributed by atoms with Crippen LogP contribution in [0.2, 0.25) is 0 Å². The van der Waals surface area contributed by atoms with Crippen molar-refractivity contribution in [2.24, 2.45) is 0 Å². The zero-order valence-corrected chi connectivity index (χ0v) is 14.3. The number of hydrogen-bond donors (Lipinski definition) is 1. The summed E-state index contributed by atoms with van der Waals surface area (Å²) in [5.41, 5.74) is -1.33. The second kappa shape index (κ2) is 5.80. The van der Waals surface area contributed by atoms with E-state index in [1.54, 1.807) is 13.8 Å². The van der Waals surface area contributed by atoms with Crippen LogP contribution in [0.25, 0.3) is 0 Å². The normalized spacial score (nSPS) is 19.2. The largest absolute Gasteiger partial charge is 0.497 e. The average Bonchev–Trinajstić information content (AvgIpc) is 2.59. The maximum atomic E-state index is 14.4. The summed E-state index contributed by atoms with van der Waals surface area (Å²) >= 11 is 0. The lowest BCUT2D eigenvalue weighted by Crippen LogP contribution is -2.41. The third-order valence-electron chi connectivity index (χ3n) is 4.20. The number of rotatable bonds is 4. The maximum Gasteiger partial charge on any atom is 0.497 e. The number of benzene rings is 1. The lowest BCUT2D eigenvalue weighted by molar-refractivity contribution is 0.00578. The minimum Gasteiger partial charge on any atom is -0.490 e. The zero-order chi connectivity index (χ0) is 17.6. The molecule has 2 rings (SSSR count). The van der Waals surface area contributed by atoms with Crippen LogP contribution >= 0.6 is 0 Å². The number of carboxylic acids is 1. The van der Waals surface area contributed by atoms with Crippen molar-refractivity contribution in [3.05, 3.63) is 23.5 Å². The monoisotopic (exact) mass is 324 g/mol. The minimum absolute atomic E-state index is 0.0959. The number of hydrogen-bond acceptors (Lipinski definition) is 4. The molecule has 1 N–H and O–H groups in total. The Morgan fingerprint density at radius 1 is 1.22 bits per heavy atom. The van der Waals surface area contributed by atoms with E-state index in [0.29, 0.717) is 0 Å². The molecular weight excluding hydrogens is 302 g/mol. The van der Waals surface area contributed by atoms with Crippen LogP contribution in [-0.2, 0) is 9.31 Å². The minimum atomic E-state index is -1.25. The van der Waals surface area contributed by atoms with Gasteiger partial charge in [-0.2, -0.15) is 0 Å². The highest BCUT2D eigenvalue weighted by molar-refractivity contribution is 6.62. The summed E-state index contributed by atoms with van der Waals surface area (Å²) in [6.07, 6.45) is -0.246. The molecule has 0 amide bonds. The highest BCUT2D eigenvalue weighted by Gasteiger charge is 2.52. The van der Waals surface area contributed by atoms with Crippen LogP contribution < -0.4 is 10.2 Å². The van der Waals surface area contributed by atoms with Gasteiger partial charge in [0.25, 0.3) is 0 Å². The van der Waals surface area contributed by atoms with Crippen molar-refractivity contribution in [1.29, 1.82) is 0 Å². The van der Waals surface area contributed by atoms with Gasteiger partial charge in [-0.05, 0) is 53.7 Å². The molecule has 0 unspecified atom stereocenters. The fraction of sp³-hybridized carbons (Fsp3) is 0.562. The summed E-state index contributed by atoms with van der Waals surface area (Å²) < 4.78 is 31.6. The van der Waals surface area contributed by atoms with Crippen LogP contribution in [-0.4, -0.2) is 35.5 Å². The van der Waals surface area contributed by atoms with Gasteiger partial charge < -0.3 is 19.2 Å². The van der Waals surface area contributed by atoms with Gasteiger partial charge in [-0.25, -0.2) is 9.18 Å². The highest BCUT2D eigenvalue weighted by atomic mass is 19.1. The molecule has 0 aliphatic carbocycles. The molecule has 0 spiro atoms. The van der Waals surface area contributed by atoms with E-state index in [2.05, 4.69) is 0 Å². The van der Waals surface area contributed by atoms with Crippen molar-refractivity contribution in [3.63, 3.8) is 0 Å². The Balaban J connectivity index is 2.46. The van der Waals surface area contributed by atoms with E-state index in [9.17, 15) is 14.3 Å². The first kappa shape index (κ1) is 17.8. The van der Waals surface area contributed by atoms with Gasteiger partial charge in [0.15, 0.2) is 0 Å². The Hall–Kier alpha value is -1.60. The molecule has 126 valence electrons. The lowest BCUT2D eigenvalue weighted by Gasteiger charge is -2.32. The standard InChI is InChI=1S/C16H22BFO5/c1-9(2)21-13-8-11(12(18)7-10(13)14(19)20)17-22-15(3,4)16(5,6)23-17/h7-9H,1-6H3,(H,19,20). The van der Waals surface area contributed by atoms with Crippen LogP contribution in [0.1, 0.15) is 51.9 Å². The lowest BCUT2D eigenvalue weighted by atomic mass is 9.78. The van der Waals surface area contributed by atoms with Crippen LogP contribution in [0.3, 0.4) is 0 Å². The molecule has 0 radical (unpaired) electrons. The number of carboxylic acid groups (broad SMARTS) is 1. The SMILES string of the molecule is CC(C)Oc1cc(B2OC(C)(C)C(C)(C)O2)c(F)cc1C(=O)O. The Morgan fingerprint density at radius 3 is 2.17 bits per heavy atom. The molecule has 1 aliphatic rings. The zero-order valence-electron chi connectivity index (χ0n) is 14.3. The van der Waals surface area contributed by atoms with Crippen molar-refractivity contribution in [3.8, 4) is 5.75 Å².